The molecule has 0 aromatic heterocycles. The van der Waals surface area contributed by atoms with E-state index in [0.717, 1.165) is 18.3 Å². The van der Waals surface area contributed by atoms with Gasteiger partial charge in [-0.2, -0.15) is 0 Å². The number of Topliss-reactive ketones (excluding diaryl/α,β-unsaturated/α-hetero) is 1. The van der Waals surface area contributed by atoms with E-state index in [4.69, 9.17) is 0 Å². The number of rotatable bonds is 1. The highest BCUT2D eigenvalue weighted by atomic mass is 16.1. The lowest BCUT2D eigenvalue weighted by molar-refractivity contribution is -0.114. The van der Waals surface area contributed by atoms with Crippen molar-refractivity contribution in [2.75, 3.05) is 0 Å². The molecule has 0 N–H and O–H groups in total. The summed E-state index contributed by atoms with van der Waals surface area (Å²) in [5.74, 6) is 2.61. The van der Waals surface area contributed by atoms with Gasteiger partial charge in [0.1, 0.15) is 0 Å². The van der Waals surface area contributed by atoms with Crippen LogP contribution >= 0.6 is 0 Å². The van der Waals surface area contributed by atoms with Crippen molar-refractivity contribution in [3.8, 4) is 0 Å². The molecule has 0 aromatic carbocycles. The van der Waals surface area contributed by atoms with Crippen LogP contribution in [0.4, 0.5) is 0 Å². The van der Waals surface area contributed by atoms with Gasteiger partial charge in [-0.25, -0.2) is 0 Å². The first-order valence-electron chi connectivity index (χ1n) is 7.51. The van der Waals surface area contributed by atoms with Crippen LogP contribution in [-0.4, -0.2) is 5.78 Å². The van der Waals surface area contributed by atoms with Gasteiger partial charge in [0.05, 0.1) is 0 Å². The van der Waals surface area contributed by atoms with Gasteiger partial charge in [0.2, 0.25) is 0 Å². The Hall–Kier alpha value is -0.590. The first kappa shape index (κ1) is 12.4. The minimum atomic E-state index is 0.326. The number of ketones is 1. The van der Waals surface area contributed by atoms with Crippen molar-refractivity contribution in [2.45, 2.75) is 60.3 Å². The second-order valence-corrected chi connectivity index (χ2v) is 7.74. The average Bonchev–Trinajstić information content (AvgIpc) is 2.68. The molecule has 100 valence electrons. The maximum atomic E-state index is 12.0. The zero-order valence-corrected chi connectivity index (χ0v) is 12.5. The number of hydrogen-bond acceptors (Lipinski definition) is 1. The van der Waals surface area contributed by atoms with Gasteiger partial charge < -0.3 is 0 Å². The molecule has 0 amide bonds. The predicted octanol–water partition coefficient (Wildman–Crippen LogP) is 4.37. The van der Waals surface area contributed by atoms with E-state index in [1.807, 2.05) is 0 Å². The van der Waals surface area contributed by atoms with Crippen molar-refractivity contribution in [3.05, 3.63) is 11.1 Å². The van der Waals surface area contributed by atoms with Gasteiger partial charge in [0, 0.05) is 0 Å². The maximum absolute atomic E-state index is 12.0. The van der Waals surface area contributed by atoms with Crippen molar-refractivity contribution in [1.82, 2.24) is 0 Å². The minimum Gasteiger partial charge on any atom is -0.295 e. The summed E-state index contributed by atoms with van der Waals surface area (Å²) in [7, 11) is 0. The SMILES string of the molecule is CC(=O)C1=C(C)[C@H]2CC3(C1)C(CC[C@H]3C)C2(C)C. The molecule has 2 fully saturated rings. The second-order valence-electron chi connectivity index (χ2n) is 7.74. The zero-order chi connectivity index (χ0) is 13.3. The van der Waals surface area contributed by atoms with Crippen molar-refractivity contribution in [1.29, 1.82) is 0 Å². The summed E-state index contributed by atoms with van der Waals surface area (Å²) in [6, 6.07) is 0. The first-order valence-corrected chi connectivity index (χ1v) is 7.51. The molecule has 1 spiro atoms. The van der Waals surface area contributed by atoms with Crippen LogP contribution < -0.4 is 0 Å². The highest BCUT2D eigenvalue weighted by Gasteiger charge is 2.64. The largest absolute Gasteiger partial charge is 0.295 e. The van der Waals surface area contributed by atoms with E-state index in [9.17, 15) is 4.79 Å². The van der Waals surface area contributed by atoms with E-state index in [2.05, 4.69) is 27.7 Å². The van der Waals surface area contributed by atoms with Crippen molar-refractivity contribution >= 4 is 5.78 Å². The van der Waals surface area contributed by atoms with Gasteiger partial charge in [-0.15, -0.1) is 0 Å². The van der Waals surface area contributed by atoms with Gasteiger partial charge >= 0.3 is 0 Å². The summed E-state index contributed by atoms with van der Waals surface area (Å²) < 4.78 is 0. The van der Waals surface area contributed by atoms with Crippen LogP contribution in [0.25, 0.3) is 0 Å². The number of fused-ring (bicyclic) bond motifs is 1. The summed E-state index contributed by atoms with van der Waals surface area (Å²) in [5.41, 5.74) is 3.44. The lowest BCUT2D eigenvalue weighted by Gasteiger charge is -2.38. The third kappa shape index (κ3) is 1.26. The van der Waals surface area contributed by atoms with Gasteiger partial charge in [-0.1, -0.05) is 26.3 Å². The third-order valence-corrected chi connectivity index (χ3v) is 6.87. The topological polar surface area (TPSA) is 17.1 Å². The normalized spacial score (nSPS) is 45.3. The fourth-order valence-corrected chi connectivity index (χ4v) is 5.84. The van der Waals surface area contributed by atoms with E-state index in [0.29, 0.717) is 22.5 Å². The average molecular weight is 246 g/mol. The van der Waals surface area contributed by atoms with Crippen LogP contribution in [0.2, 0.25) is 0 Å². The Morgan fingerprint density at radius 3 is 2.56 bits per heavy atom. The molecule has 3 rings (SSSR count). The Labute approximate surface area is 111 Å². The third-order valence-electron chi connectivity index (χ3n) is 6.87. The van der Waals surface area contributed by atoms with E-state index in [1.165, 1.54) is 30.4 Å². The van der Waals surface area contributed by atoms with Crippen LogP contribution in [0, 0.1) is 28.6 Å². The number of carbonyl (C=O) groups excluding carboxylic acids is 1. The van der Waals surface area contributed by atoms with Crippen molar-refractivity contribution < 1.29 is 4.79 Å². The Bertz CT molecular complexity index is 443. The zero-order valence-electron chi connectivity index (χ0n) is 12.5. The number of allylic oxidation sites excluding steroid dienone is 2. The molecule has 0 heterocycles. The van der Waals surface area contributed by atoms with E-state index in [-0.39, 0.29) is 0 Å². The van der Waals surface area contributed by atoms with Crippen LogP contribution in [0.15, 0.2) is 11.1 Å². The fraction of sp³-hybridized carbons (Fsp3) is 0.824. The number of hydrogen-bond donors (Lipinski definition) is 0. The molecule has 18 heavy (non-hydrogen) atoms. The first-order chi connectivity index (χ1) is 8.30. The summed E-state index contributed by atoms with van der Waals surface area (Å²) in [6.45, 7) is 11.3. The van der Waals surface area contributed by atoms with Gasteiger partial charge in [0.15, 0.2) is 5.78 Å². The maximum Gasteiger partial charge on any atom is 0.155 e. The molecular weight excluding hydrogens is 220 g/mol. The quantitative estimate of drug-likeness (QED) is 0.671. The van der Waals surface area contributed by atoms with Crippen LogP contribution in [0.3, 0.4) is 0 Å². The standard InChI is InChI=1S/C17H26O/c1-10-6-7-15-16(4,5)14-9-17(10,15)8-13(11(14)2)12(3)18/h10,14-15H,6-9H2,1-5H3/t10-,14-,15?,17?/m1/s1. The molecule has 1 nitrogen and oxygen atoms in total. The molecule has 4 atom stereocenters. The summed E-state index contributed by atoms with van der Waals surface area (Å²) in [6.07, 6.45) is 5.16. The van der Waals surface area contributed by atoms with E-state index >= 15 is 0 Å². The van der Waals surface area contributed by atoms with Crippen molar-refractivity contribution in [3.63, 3.8) is 0 Å². The monoisotopic (exact) mass is 246 g/mol. The molecule has 0 radical (unpaired) electrons. The Morgan fingerprint density at radius 1 is 1.28 bits per heavy atom. The summed E-state index contributed by atoms with van der Waals surface area (Å²) in [5, 5.41) is 0. The smallest absolute Gasteiger partial charge is 0.155 e. The second kappa shape index (κ2) is 3.49. The molecule has 2 saturated carbocycles. The van der Waals surface area contributed by atoms with Crippen LogP contribution in [0.1, 0.15) is 60.3 Å². The Balaban J connectivity index is 2.15. The van der Waals surface area contributed by atoms with E-state index < -0.39 is 0 Å². The van der Waals surface area contributed by atoms with E-state index in [1.54, 1.807) is 6.92 Å². The highest BCUT2D eigenvalue weighted by molar-refractivity contribution is 5.94. The molecular formula is C17H26O. The summed E-state index contributed by atoms with van der Waals surface area (Å²) >= 11 is 0. The van der Waals surface area contributed by atoms with Gasteiger partial charge in [-0.3, -0.25) is 4.79 Å². The Morgan fingerprint density at radius 2 is 1.94 bits per heavy atom. The Kier molecular flexibility index (Phi) is 2.41. The molecule has 3 aliphatic carbocycles. The van der Waals surface area contributed by atoms with Gasteiger partial charge in [0.25, 0.3) is 0 Å². The number of carbonyl (C=O) groups is 1. The molecule has 3 aliphatic rings. The fourth-order valence-electron chi connectivity index (χ4n) is 5.84. The minimum absolute atomic E-state index is 0.326. The van der Waals surface area contributed by atoms with Crippen LogP contribution in [-0.2, 0) is 4.79 Å². The molecule has 2 bridgehead atoms. The molecule has 0 aliphatic heterocycles. The highest BCUT2D eigenvalue weighted by Crippen LogP contribution is 2.72. The van der Waals surface area contributed by atoms with Crippen molar-refractivity contribution in [2.24, 2.45) is 28.6 Å². The van der Waals surface area contributed by atoms with Crippen LogP contribution in [0.5, 0.6) is 0 Å². The molecule has 2 unspecified atom stereocenters. The predicted molar refractivity (Wildman–Crippen MR) is 74.2 cm³/mol. The molecule has 1 heteroatoms. The molecule has 0 aromatic rings. The lowest BCUT2D eigenvalue weighted by atomic mass is 9.65. The lowest BCUT2D eigenvalue weighted by Crippen LogP contribution is -2.32. The molecule has 0 saturated heterocycles. The van der Waals surface area contributed by atoms with Gasteiger partial charge in [-0.05, 0) is 73.7 Å². The summed E-state index contributed by atoms with van der Waals surface area (Å²) in [4.78, 5) is 12.0.